The monoisotopic (exact) mass is 678 g/mol. The Morgan fingerprint density at radius 1 is 1.10 bits per heavy atom. The molecule has 12 nitrogen and oxygen atoms in total. The SMILES string of the molecule is Cc1ncsc1-c1ccc([C@H](C)NC(=O)[C@@H]2C[C@@H](O)CN2C(=O)C(c2cc(N3CC4(CN(C(=O)OC(C)(C)C)C4)C3)no2)C(C)C)cc1. The number of anilines is 1. The topological polar surface area (TPSA) is 141 Å². The number of ether oxygens (including phenoxy) is 1. The fraction of sp³-hybridized carbons (Fsp3) is 0.571. The van der Waals surface area contributed by atoms with E-state index in [1.165, 1.54) is 4.90 Å². The number of aryl methyl sites for hydroxylation is 1. The summed E-state index contributed by atoms with van der Waals surface area (Å²) in [5.41, 5.74) is 4.30. The van der Waals surface area contributed by atoms with Gasteiger partial charge in [0.15, 0.2) is 11.6 Å². The molecule has 2 aromatic heterocycles. The van der Waals surface area contributed by atoms with E-state index in [4.69, 9.17) is 9.26 Å². The Morgan fingerprint density at radius 2 is 1.79 bits per heavy atom. The summed E-state index contributed by atoms with van der Waals surface area (Å²) < 4.78 is 11.2. The highest BCUT2D eigenvalue weighted by Gasteiger charge is 2.55. The summed E-state index contributed by atoms with van der Waals surface area (Å²) in [6, 6.07) is 8.73. The lowest BCUT2D eigenvalue weighted by Gasteiger charge is -2.59. The van der Waals surface area contributed by atoms with E-state index in [0.29, 0.717) is 24.7 Å². The van der Waals surface area contributed by atoms with E-state index in [9.17, 15) is 19.5 Å². The van der Waals surface area contributed by atoms with Crippen LogP contribution in [0.3, 0.4) is 0 Å². The number of thiazole rings is 1. The molecular formula is C35H46N6O6S. The molecule has 6 rings (SSSR count). The number of rotatable bonds is 8. The predicted molar refractivity (Wildman–Crippen MR) is 182 cm³/mol. The van der Waals surface area contributed by atoms with Gasteiger partial charge in [-0.2, -0.15) is 0 Å². The molecule has 3 aromatic rings. The molecule has 0 saturated carbocycles. The lowest BCUT2D eigenvalue weighted by atomic mass is 9.73. The largest absolute Gasteiger partial charge is 0.444 e. The summed E-state index contributed by atoms with van der Waals surface area (Å²) >= 11 is 1.59. The van der Waals surface area contributed by atoms with E-state index >= 15 is 0 Å². The first-order chi connectivity index (χ1) is 22.6. The molecule has 3 aliphatic heterocycles. The van der Waals surface area contributed by atoms with Gasteiger partial charge in [0, 0.05) is 50.6 Å². The van der Waals surface area contributed by atoms with Gasteiger partial charge in [0.25, 0.3) is 0 Å². The van der Waals surface area contributed by atoms with Crippen LogP contribution in [0.2, 0.25) is 0 Å². The Morgan fingerprint density at radius 3 is 2.40 bits per heavy atom. The molecule has 1 unspecified atom stereocenters. The number of benzene rings is 1. The van der Waals surface area contributed by atoms with Crippen LogP contribution in [-0.2, 0) is 14.3 Å². The molecule has 258 valence electrons. The minimum absolute atomic E-state index is 0.00926. The second kappa shape index (κ2) is 12.8. The Hall–Kier alpha value is -3.97. The first-order valence-electron chi connectivity index (χ1n) is 16.6. The number of aromatic nitrogens is 2. The molecule has 1 aromatic carbocycles. The van der Waals surface area contributed by atoms with Crippen molar-refractivity contribution in [3.63, 3.8) is 0 Å². The fourth-order valence-electron chi connectivity index (χ4n) is 7.03. The molecular weight excluding hydrogens is 632 g/mol. The van der Waals surface area contributed by atoms with Crippen molar-refractivity contribution in [3.05, 3.63) is 52.9 Å². The predicted octanol–water partition coefficient (Wildman–Crippen LogP) is 4.74. The number of nitrogens with zero attached hydrogens (tertiary/aromatic N) is 5. The van der Waals surface area contributed by atoms with Gasteiger partial charge in [-0.25, -0.2) is 9.78 Å². The summed E-state index contributed by atoms with van der Waals surface area (Å²) in [6.07, 6.45) is -0.935. The van der Waals surface area contributed by atoms with Crippen LogP contribution in [0.5, 0.6) is 0 Å². The van der Waals surface area contributed by atoms with Gasteiger partial charge < -0.3 is 34.4 Å². The van der Waals surface area contributed by atoms with Gasteiger partial charge >= 0.3 is 6.09 Å². The van der Waals surface area contributed by atoms with Crippen molar-refractivity contribution in [2.45, 2.75) is 84.6 Å². The van der Waals surface area contributed by atoms with Gasteiger partial charge in [-0.15, -0.1) is 11.3 Å². The van der Waals surface area contributed by atoms with Gasteiger partial charge in [-0.05, 0) is 51.7 Å². The van der Waals surface area contributed by atoms with Crippen LogP contribution in [0, 0.1) is 18.3 Å². The lowest BCUT2D eigenvalue weighted by molar-refractivity contribution is -0.141. The highest BCUT2D eigenvalue weighted by atomic mass is 32.1. The van der Waals surface area contributed by atoms with Gasteiger partial charge in [0.2, 0.25) is 11.8 Å². The number of aliphatic hydroxyl groups is 1. The number of likely N-dealkylation sites (tertiary alicyclic amines) is 2. The summed E-state index contributed by atoms with van der Waals surface area (Å²) in [5.74, 6) is -0.313. The van der Waals surface area contributed by atoms with Gasteiger partial charge in [-0.1, -0.05) is 43.3 Å². The molecule has 0 aliphatic carbocycles. The third-order valence-corrected chi connectivity index (χ3v) is 10.5. The number of amides is 3. The van der Waals surface area contributed by atoms with Crippen molar-refractivity contribution in [3.8, 4) is 10.4 Å². The molecule has 0 radical (unpaired) electrons. The second-order valence-electron chi connectivity index (χ2n) is 15.0. The number of carbonyl (C=O) groups is 3. The molecule has 4 atom stereocenters. The van der Waals surface area contributed by atoms with E-state index in [1.807, 2.05) is 78.2 Å². The third kappa shape index (κ3) is 6.80. The Kier molecular flexibility index (Phi) is 9.05. The molecule has 2 N–H and O–H groups in total. The third-order valence-electron chi connectivity index (χ3n) is 9.48. The summed E-state index contributed by atoms with van der Waals surface area (Å²) in [6.45, 7) is 16.1. The van der Waals surface area contributed by atoms with E-state index in [2.05, 4.69) is 20.4 Å². The van der Waals surface area contributed by atoms with E-state index < -0.39 is 23.7 Å². The maximum atomic E-state index is 14.1. The molecule has 3 fully saturated rings. The molecule has 3 saturated heterocycles. The number of aliphatic hydroxyl groups excluding tert-OH is 1. The van der Waals surface area contributed by atoms with Gasteiger partial charge in [-0.3, -0.25) is 9.59 Å². The number of β-amino-alcohol motifs (C(OH)–C–C–N with tert-alkyl or cyclic N) is 1. The van der Waals surface area contributed by atoms with Crippen LogP contribution >= 0.6 is 11.3 Å². The molecule has 48 heavy (non-hydrogen) atoms. The van der Waals surface area contributed by atoms with Crippen molar-refractivity contribution >= 4 is 35.1 Å². The normalized spacial score (nSPS) is 21.6. The summed E-state index contributed by atoms with van der Waals surface area (Å²) in [7, 11) is 0. The first-order valence-corrected chi connectivity index (χ1v) is 17.5. The number of nitrogens with one attached hydrogen (secondary N) is 1. The van der Waals surface area contributed by atoms with E-state index in [0.717, 1.165) is 34.8 Å². The quantitative estimate of drug-likeness (QED) is 0.346. The van der Waals surface area contributed by atoms with Crippen molar-refractivity contribution in [1.82, 2.24) is 25.3 Å². The lowest BCUT2D eigenvalue weighted by Crippen LogP contribution is -2.73. The van der Waals surface area contributed by atoms with Crippen molar-refractivity contribution in [2.75, 3.05) is 37.6 Å². The number of hydrogen-bond donors (Lipinski definition) is 2. The van der Waals surface area contributed by atoms with E-state index in [1.54, 1.807) is 22.3 Å². The second-order valence-corrected chi connectivity index (χ2v) is 15.9. The number of carbonyl (C=O) groups excluding carboxylic acids is 3. The zero-order chi connectivity index (χ0) is 34.5. The maximum absolute atomic E-state index is 14.1. The standard InChI is InChI=1S/C35H46N6O6S/c1-20(2)29(27-13-28(38-47-27)39-15-35(16-39)17-40(18-35)33(45)46-34(5,6)7)32(44)41-14-25(42)12-26(41)31(43)37-21(3)23-8-10-24(11-9-23)30-22(4)36-19-48-30/h8-11,13,19-21,25-26,29,42H,12,14-18H2,1-7H3,(H,37,43)/t21-,25+,26-,29?/m0/s1. The Balaban J connectivity index is 1.07. The zero-order valence-electron chi connectivity index (χ0n) is 28.7. The molecule has 0 bridgehead atoms. The summed E-state index contributed by atoms with van der Waals surface area (Å²) in [4.78, 5) is 50.8. The first kappa shape index (κ1) is 33.9. The van der Waals surface area contributed by atoms with E-state index in [-0.39, 0.29) is 48.2 Å². The molecule has 1 spiro atoms. The Bertz CT molecular complexity index is 1650. The van der Waals surface area contributed by atoms with Crippen LogP contribution in [0.1, 0.15) is 76.9 Å². The fourth-order valence-corrected chi connectivity index (χ4v) is 7.85. The van der Waals surface area contributed by atoms with Crippen LogP contribution < -0.4 is 10.2 Å². The smallest absolute Gasteiger partial charge is 0.410 e. The van der Waals surface area contributed by atoms with Crippen LogP contribution in [0.15, 0.2) is 40.4 Å². The minimum Gasteiger partial charge on any atom is -0.444 e. The zero-order valence-corrected chi connectivity index (χ0v) is 29.5. The molecule has 5 heterocycles. The number of hydrogen-bond acceptors (Lipinski definition) is 10. The summed E-state index contributed by atoms with van der Waals surface area (Å²) in [5, 5.41) is 18.0. The van der Waals surface area contributed by atoms with Gasteiger partial charge in [0.1, 0.15) is 17.6 Å². The maximum Gasteiger partial charge on any atom is 0.410 e. The average molecular weight is 679 g/mol. The minimum atomic E-state index is -0.806. The Labute approximate surface area is 285 Å². The van der Waals surface area contributed by atoms with Crippen LogP contribution in [0.25, 0.3) is 10.4 Å². The van der Waals surface area contributed by atoms with Crippen molar-refractivity contribution in [2.24, 2.45) is 11.3 Å². The highest BCUT2D eigenvalue weighted by Crippen LogP contribution is 2.43. The van der Waals surface area contributed by atoms with Crippen LogP contribution in [-0.4, -0.2) is 93.4 Å². The molecule has 13 heteroatoms. The highest BCUT2D eigenvalue weighted by molar-refractivity contribution is 7.13. The van der Waals surface area contributed by atoms with Crippen molar-refractivity contribution < 1.29 is 28.8 Å². The average Bonchev–Trinajstić information content (AvgIpc) is 3.71. The van der Waals surface area contributed by atoms with Crippen LogP contribution in [0.4, 0.5) is 10.6 Å². The van der Waals surface area contributed by atoms with Crippen molar-refractivity contribution in [1.29, 1.82) is 0 Å². The van der Waals surface area contributed by atoms with Gasteiger partial charge in [0.05, 0.1) is 28.2 Å². The molecule has 3 aliphatic rings. The molecule has 3 amide bonds.